The maximum Gasteiger partial charge on any atom is 0.161 e. The Morgan fingerprint density at radius 3 is 2.62 bits per heavy atom. The number of aromatic nitrogens is 2. The standard InChI is InChI=1S/C16H32N4O/c1-7-9-17-15(13(3)8-2)16-14(21-6)12-18-20(16)11-10-19(4)5/h12-13,15,17H,7-11H2,1-6H3. The van der Waals surface area contributed by atoms with Crippen LogP contribution in [-0.4, -0.2) is 49.0 Å². The van der Waals surface area contributed by atoms with Crippen LogP contribution in [0.1, 0.15) is 45.3 Å². The number of hydrogen-bond donors (Lipinski definition) is 1. The van der Waals surface area contributed by atoms with Crippen LogP contribution in [0, 0.1) is 5.92 Å². The van der Waals surface area contributed by atoms with Crippen molar-refractivity contribution in [2.45, 2.75) is 46.2 Å². The van der Waals surface area contributed by atoms with Crippen LogP contribution in [-0.2, 0) is 6.54 Å². The average Bonchev–Trinajstić information content (AvgIpc) is 2.88. The lowest BCUT2D eigenvalue weighted by Crippen LogP contribution is -2.31. The first kappa shape index (κ1) is 18.0. The number of likely N-dealkylation sites (N-methyl/N-ethyl adjacent to an activating group) is 1. The number of nitrogens with zero attached hydrogens (tertiary/aromatic N) is 3. The van der Waals surface area contributed by atoms with Gasteiger partial charge in [-0.1, -0.05) is 27.2 Å². The molecule has 1 rings (SSSR count). The summed E-state index contributed by atoms with van der Waals surface area (Å²) in [6.07, 6.45) is 4.10. The van der Waals surface area contributed by atoms with E-state index in [4.69, 9.17) is 4.74 Å². The van der Waals surface area contributed by atoms with Crippen molar-refractivity contribution >= 4 is 0 Å². The number of hydrogen-bond acceptors (Lipinski definition) is 4. The second-order valence-electron chi connectivity index (χ2n) is 5.94. The molecule has 21 heavy (non-hydrogen) atoms. The Kier molecular flexibility index (Phi) is 7.75. The molecular formula is C16H32N4O. The summed E-state index contributed by atoms with van der Waals surface area (Å²) in [7, 11) is 5.90. The molecule has 0 aliphatic carbocycles. The van der Waals surface area contributed by atoms with Gasteiger partial charge in [0.1, 0.15) is 0 Å². The van der Waals surface area contributed by atoms with Crippen molar-refractivity contribution in [3.8, 4) is 5.75 Å². The van der Waals surface area contributed by atoms with E-state index in [1.54, 1.807) is 7.11 Å². The largest absolute Gasteiger partial charge is 0.493 e. The van der Waals surface area contributed by atoms with Gasteiger partial charge in [0, 0.05) is 6.54 Å². The minimum Gasteiger partial charge on any atom is -0.493 e. The number of nitrogens with one attached hydrogen (secondary N) is 1. The second-order valence-corrected chi connectivity index (χ2v) is 5.94. The summed E-state index contributed by atoms with van der Waals surface area (Å²) in [6, 6.07) is 0.287. The predicted molar refractivity (Wildman–Crippen MR) is 87.8 cm³/mol. The van der Waals surface area contributed by atoms with Crippen molar-refractivity contribution in [2.24, 2.45) is 5.92 Å². The van der Waals surface area contributed by atoms with Gasteiger partial charge in [0.2, 0.25) is 0 Å². The molecule has 0 aromatic carbocycles. The van der Waals surface area contributed by atoms with Crippen molar-refractivity contribution in [3.05, 3.63) is 11.9 Å². The van der Waals surface area contributed by atoms with Gasteiger partial charge in [0.05, 0.1) is 31.6 Å². The quantitative estimate of drug-likeness (QED) is 0.720. The van der Waals surface area contributed by atoms with E-state index in [9.17, 15) is 0 Å². The second kappa shape index (κ2) is 9.05. The fraction of sp³-hybridized carbons (Fsp3) is 0.812. The first-order valence-electron chi connectivity index (χ1n) is 8.02. The third-order valence-corrected chi connectivity index (χ3v) is 3.95. The molecule has 0 bridgehead atoms. The summed E-state index contributed by atoms with van der Waals surface area (Å²) >= 11 is 0. The van der Waals surface area contributed by atoms with Crippen molar-refractivity contribution < 1.29 is 4.74 Å². The molecule has 1 heterocycles. The van der Waals surface area contributed by atoms with Crippen LogP contribution in [0.3, 0.4) is 0 Å². The zero-order valence-electron chi connectivity index (χ0n) is 14.5. The monoisotopic (exact) mass is 296 g/mol. The normalized spacial score (nSPS) is 14.4. The molecule has 0 aliphatic heterocycles. The van der Waals surface area contributed by atoms with Gasteiger partial charge in [-0.3, -0.25) is 4.68 Å². The third-order valence-electron chi connectivity index (χ3n) is 3.95. The van der Waals surface area contributed by atoms with Gasteiger partial charge in [0.25, 0.3) is 0 Å². The van der Waals surface area contributed by atoms with E-state index < -0.39 is 0 Å². The van der Waals surface area contributed by atoms with Gasteiger partial charge in [0.15, 0.2) is 5.75 Å². The van der Waals surface area contributed by atoms with Crippen molar-refractivity contribution in [2.75, 3.05) is 34.3 Å². The van der Waals surface area contributed by atoms with Gasteiger partial charge < -0.3 is 15.0 Å². The molecular weight excluding hydrogens is 264 g/mol. The molecule has 0 saturated carbocycles. The Bertz CT molecular complexity index is 403. The molecule has 0 fully saturated rings. The molecule has 5 heteroatoms. The van der Waals surface area contributed by atoms with Crippen LogP contribution >= 0.6 is 0 Å². The van der Waals surface area contributed by atoms with E-state index in [1.807, 2.05) is 6.20 Å². The Hall–Kier alpha value is -1.07. The molecule has 0 saturated heterocycles. The van der Waals surface area contributed by atoms with Gasteiger partial charge in [-0.2, -0.15) is 5.10 Å². The van der Waals surface area contributed by atoms with E-state index in [0.717, 1.165) is 38.2 Å². The molecule has 2 unspecified atom stereocenters. The van der Waals surface area contributed by atoms with Crippen molar-refractivity contribution in [1.82, 2.24) is 20.0 Å². The molecule has 1 N–H and O–H groups in total. The number of methoxy groups -OCH3 is 1. The molecule has 122 valence electrons. The Morgan fingerprint density at radius 1 is 1.38 bits per heavy atom. The summed E-state index contributed by atoms with van der Waals surface area (Å²) in [4.78, 5) is 2.18. The molecule has 1 aromatic heterocycles. The summed E-state index contributed by atoms with van der Waals surface area (Å²) in [5.41, 5.74) is 1.18. The zero-order chi connectivity index (χ0) is 15.8. The number of rotatable bonds is 10. The van der Waals surface area contributed by atoms with Gasteiger partial charge in [-0.05, 0) is 33.0 Å². The van der Waals surface area contributed by atoms with Crippen LogP contribution < -0.4 is 10.1 Å². The predicted octanol–water partition coefficient (Wildman–Crippen LogP) is 2.54. The third kappa shape index (κ3) is 5.00. The first-order valence-corrected chi connectivity index (χ1v) is 8.02. The minimum atomic E-state index is 0.287. The van der Waals surface area contributed by atoms with Crippen LogP contribution in [0.5, 0.6) is 5.75 Å². The van der Waals surface area contributed by atoms with Gasteiger partial charge >= 0.3 is 0 Å². The molecule has 0 radical (unpaired) electrons. The molecule has 0 aliphatic rings. The first-order chi connectivity index (χ1) is 10.0. The summed E-state index contributed by atoms with van der Waals surface area (Å²) < 4.78 is 7.65. The maximum atomic E-state index is 5.55. The zero-order valence-corrected chi connectivity index (χ0v) is 14.5. The van der Waals surface area contributed by atoms with Gasteiger partial charge in [-0.15, -0.1) is 0 Å². The highest BCUT2D eigenvalue weighted by atomic mass is 16.5. The molecule has 2 atom stereocenters. The molecule has 1 aromatic rings. The fourth-order valence-corrected chi connectivity index (χ4v) is 2.42. The van der Waals surface area contributed by atoms with E-state index in [-0.39, 0.29) is 6.04 Å². The Morgan fingerprint density at radius 2 is 2.10 bits per heavy atom. The van der Waals surface area contributed by atoms with Crippen LogP contribution in [0.2, 0.25) is 0 Å². The fourth-order valence-electron chi connectivity index (χ4n) is 2.42. The smallest absolute Gasteiger partial charge is 0.161 e. The maximum absolute atomic E-state index is 5.55. The highest BCUT2D eigenvalue weighted by molar-refractivity contribution is 5.29. The van der Waals surface area contributed by atoms with Crippen LogP contribution in [0.4, 0.5) is 0 Å². The lowest BCUT2D eigenvalue weighted by atomic mass is 9.95. The number of ether oxygens (including phenoxy) is 1. The van der Waals surface area contributed by atoms with Crippen LogP contribution in [0.25, 0.3) is 0 Å². The highest BCUT2D eigenvalue weighted by Gasteiger charge is 2.25. The van der Waals surface area contributed by atoms with Crippen LogP contribution in [0.15, 0.2) is 6.20 Å². The molecule has 5 nitrogen and oxygen atoms in total. The van der Waals surface area contributed by atoms with Gasteiger partial charge in [-0.25, -0.2) is 0 Å². The average molecular weight is 296 g/mol. The Labute approximate surface area is 129 Å². The SMILES string of the molecule is CCCNC(c1c(OC)cnn1CCN(C)C)C(C)CC. The van der Waals surface area contributed by atoms with E-state index in [2.05, 4.69) is 54.9 Å². The van der Waals surface area contributed by atoms with E-state index in [0.29, 0.717) is 5.92 Å². The summed E-state index contributed by atoms with van der Waals surface area (Å²) in [6.45, 7) is 9.58. The van der Waals surface area contributed by atoms with E-state index >= 15 is 0 Å². The van der Waals surface area contributed by atoms with Crippen molar-refractivity contribution in [3.63, 3.8) is 0 Å². The molecule has 0 spiro atoms. The molecule has 0 amide bonds. The minimum absolute atomic E-state index is 0.287. The van der Waals surface area contributed by atoms with E-state index in [1.165, 1.54) is 5.69 Å². The lowest BCUT2D eigenvalue weighted by molar-refractivity contribution is 0.318. The summed E-state index contributed by atoms with van der Waals surface area (Å²) in [5.74, 6) is 1.43. The lowest BCUT2D eigenvalue weighted by Gasteiger charge is -2.26. The Balaban J connectivity index is 3.04. The summed E-state index contributed by atoms with van der Waals surface area (Å²) in [5, 5.41) is 8.20. The topological polar surface area (TPSA) is 42.3 Å². The van der Waals surface area contributed by atoms with Crippen molar-refractivity contribution in [1.29, 1.82) is 0 Å². The highest BCUT2D eigenvalue weighted by Crippen LogP contribution is 2.31.